The van der Waals surface area contributed by atoms with E-state index in [2.05, 4.69) is 10.1 Å². The molecule has 0 aliphatic heterocycles. The van der Waals surface area contributed by atoms with Gasteiger partial charge in [0.25, 0.3) is 0 Å². The van der Waals surface area contributed by atoms with E-state index in [-0.39, 0.29) is 11.9 Å². The topological polar surface area (TPSA) is 55.4 Å². The minimum Gasteiger partial charge on any atom is -0.467 e. The Labute approximate surface area is 109 Å². The molecule has 0 bridgehead atoms. The van der Waals surface area contributed by atoms with Crippen molar-refractivity contribution in [2.24, 2.45) is 5.92 Å². The summed E-state index contributed by atoms with van der Waals surface area (Å²) < 4.78 is 4.64. The number of hydrogen-bond acceptors (Lipinski definition) is 3. The maximum atomic E-state index is 11.8. The van der Waals surface area contributed by atoms with Crippen LogP contribution in [-0.4, -0.2) is 25.0 Å². The maximum absolute atomic E-state index is 11.8. The molecule has 1 aliphatic carbocycles. The second kappa shape index (κ2) is 8.11. The number of carbonyl (C=O) groups is 2. The molecule has 1 amide bonds. The lowest BCUT2D eigenvalue weighted by atomic mass is 9.86. The number of ether oxygens (including phenoxy) is 1. The second-order valence-electron chi connectivity index (χ2n) is 5.09. The van der Waals surface area contributed by atoms with Gasteiger partial charge in [0.15, 0.2) is 0 Å². The third-order valence-electron chi connectivity index (χ3n) is 3.73. The van der Waals surface area contributed by atoms with E-state index >= 15 is 0 Å². The summed E-state index contributed by atoms with van der Waals surface area (Å²) in [7, 11) is 1.35. The molecule has 0 radical (unpaired) electrons. The van der Waals surface area contributed by atoms with Crippen molar-refractivity contribution >= 4 is 11.9 Å². The van der Waals surface area contributed by atoms with Gasteiger partial charge in [-0.25, -0.2) is 4.79 Å². The lowest BCUT2D eigenvalue weighted by Gasteiger charge is -2.21. The average Bonchev–Trinajstić information content (AvgIpc) is 2.42. The van der Waals surface area contributed by atoms with Crippen molar-refractivity contribution in [3.8, 4) is 0 Å². The molecule has 1 rings (SSSR count). The zero-order valence-corrected chi connectivity index (χ0v) is 11.5. The molecule has 4 nitrogen and oxygen atoms in total. The molecule has 0 heterocycles. The van der Waals surface area contributed by atoms with Gasteiger partial charge in [0.1, 0.15) is 6.04 Å². The normalized spacial score (nSPS) is 18.1. The third kappa shape index (κ3) is 5.07. The largest absolute Gasteiger partial charge is 0.467 e. The van der Waals surface area contributed by atoms with Crippen LogP contribution < -0.4 is 5.32 Å². The van der Waals surface area contributed by atoms with E-state index in [1.807, 2.05) is 6.92 Å². The summed E-state index contributed by atoms with van der Waals surface area (Å²) in [4.78, 5) is 23.1. The van der Waals surface area contributed by atoms with Crippen molar-refractivity contribution in [2.45, 2.75) is 64.3 Å². The minimum absolute atomic E-state index is 0.0298. The van der Waals surface area contributed by atoms with Crippen LogP contribution in [-0.2, 0) is 14.3 Å². The van der Waals surface area contributed by atoms with Crippen molar-refractivity contribution in [1.29, 1.82) is 0 Å². The zero-order valence-electron chi connectivity index (χ0n) is 11.5. The summed E-state index contributed by atoms with van der Waals surface area (Å²) in [6.45, 7) is 1.86. The highest BCUT2D eigenvalue weighted by Gasteiger charge is 2.20. The molecule has 18 heavy (non-hydrogen) atoms. The maximum Gasteiger partial charge on any atom is 0.328 e. The van der Waals surface area contributed by atoms with Crippen LogP contribution in [0.5, 0.6) is 0 Å². The highest BCUT2D eigenvalue weighted by molar-refractivity contribution is 5.84. The van der Waals surface area contributed by atoms with Gasteiger partial charge >= 0.3 is 5.97 Å². The number of nitrogens with one attached hydrogen (secondary N) is 1. The zero-order chi connectivity index (χ0) is 13.4. The van der Waals surface area contributed by atoms with Crippen molar-refractivity contribution in [1.82, 2.24) is 5.32 Å². The van der Waals surface area contributed by atoms with Gasteiger partial charge in [-0.2, -0.15) is 0 Å². The Morgan fingerprint density at radius 3 is 2.50 bits per heavy atom. The molecular weight excluding hydrogens is 230 g/mol. The minimum atomic E-state index is -0.492. The van der Waals surface area contributed by atoms with Crippen molar-refractivity contribution in [3.63, 3.8) is 0 Å². The smallest absolute Gasteiger partial charge is 0.328 e. The molecule has 1 fully saturated rings. The summed E-state index contributed by atoms with van der Waals surface area (Å²) in [6.07, 6.45) is 8.48. The molecule has 0 aromatic carbocycles. The van der Waals surface area contributed by atoms with Crippen LogP contribution in [0.1, 0.15) is 58.3 Å². The van der Waals surface area contributed by atoms with Crippen LogP contribution in [0.3, 0.4) is 0 Å². The molecule has 4 heteroatoms. The van der Waals surface area contributed by atoms with E-state index in [1.54, 1.807) is 0 Å². The first-order valence-corrected chi connectivity index (χ1v) is 7.04. The average molecular weight is 255 g/mol. The fourth-order valence-corrected chi connectivity index (χ4v) is 2.55. The highest BCUT2D eigenvalue weighted by Crippen LogP contribution is 2.27. The Morgan fingerprint density at radius 1 is 1.28 bits per heavy atom. The van der Waals surface area contributed by atoms with Gasteiger partial charge in [-0.3, -0.25) is 4.79 Å². The summed E-state index contributed by atoms with van der Waals surface area (Å²) in [5.41, 5.74) is 0. The first-order chi connectivity index (χ1) is 8.67. The van der Waals surface area contributed by atoms with Crippen LogP contribution >= 0.6 is 0 Å². The fourth-order valence-electron chi connectivity index (χ4n) is 2.55. The summed E-state index contributed by atoms with van der Waals surface area (Å²) >= 11 is 0. The van der Waals surface area contributed by atoms with Crippen LogP contribution in [0.2, 0.25) is 0 Å². The predicted molar refractivity (Wildman–Crippen MR) is 70.0 cm³/mol. The molecule has 1 atom stereocenters. The monoisotopic (exact) mass is 255 g/mol. The van der Waals surface area contributed by atoms with Gasteiger partial charge < -0.3 is 10.1 Å². The Hall–Kier alpha value is -1.06. The van der Waals surface area contributed by atoms with E-state index in [9.17, 15) is 9.59 Å². The Morgan fingerprint density at radius 2 is 1.94 bits per heavy atom. The van der Waals surface area contributed by atoms with Crippen molar-refractivity contribution in [2.75, 3.05) is 7.11 Å². The number of hydrogen-bond donors (Lipinski definition) is 1. The quantitative estimate of drug-likeness (QED) is 0.742. The van der Waals surface area contributed by atoms with Gasteiger partial charge in [-0.1, -0.05) is 39.0 Å². The molecule has 0 aromatic heterocycles. The first-order valence-electron chi connectivity index (χ1n) is 7.04. The molecule has 104 valence electrons. The first kappa shape index (κ1) is 15.0. The number of esters is 1. The van der Waals surface area contributed by atoms with Crippen molar-refractivity contribution < 1.29 is 14.3 Å². The summed E-state index contributed by atoms with van der Waals surface area (Å²) in [6, 6.07) is -0.492. The Kier molecular flexibility index (Phi) is 6.76. The Balaban J connectivity index is 2.25. The lowest BCUT2D eigenvalue weighted by molar-refractivity contribution is -0.145. The predicted octanol–water partition coefficient (Wildman–Crippen LogP) is 2.41. The molecule has 1 unspecified atom stereocenters. The molecule has 0 spiro atoms. The van der Waals surface area contributed by atoms with Gasteiger partial charge in [0.2, 0.25) is 5.91 Å². The summed E-state index contributed by atoms with van der Waals surface area (Å²) in [5.74, 6) is 0.309. The van der Waals surface area contributed by atoms with Gasteiger partial charge in [0.05, 0.1) is 7.11 Å². The standard InChI is InChI=1S/C14H25NO3/c1-3-12(14(17)18-2)15-13(16)10-9-11-7-5-4-6-8-11/h11-12H,3-10H2,1-2H3,(H,15,16). The second-order valence-corrected chi connectivity index (χ2v) is 5.09. The summed E-state index contributed by atoms with van der Waals surface area (Å²) in [5, 5.41) is 2.74. The number of carbonyl (C=O) groups excluding carboxylic acids is 2. The molecule has 1 saturated carbocycles. The van der Waals surface area contributed by atoms with Crippen LogP contribution in [0.15, 0.2) is 0 Å². The number of amides is 1. The molecular formula is C14H25NO3. The van der Waals surface area contributed by atoms with Crippen molar-refractivity contribution in [3.05, 3.63) is 0 Å². The lowest BCUT2D eigenvalue weighted by Crippen LogP contribution is -2.41. The number of rotatable bonds is 6. The van der Waals surface area contributed by atoms with E-state index in [1.165, 1.54) is 39.2 Å². The molecule has 0 aromatic rings. The van der Waals surface area contributed by atoms with Crippen LogP contribution in [0, 0.1) is 5.92 Å². The molecule has 0 saturated heterocycles. The van der Waals surface area contributed by atoms with Crippen LogP contribution in [0.4, 0.5) is 0 Å². The number of methoxy groups -OCH3 is 1. The fraction of sp³-hybridized carbons (Fsp3) is 0.857. The molecule has 1 N–H and O–H groups in total. The van der Waals surface area contributed by atoms with Gasteiger partial charge in [-0.15, -0.1) is 0 Å². The molecule has 1 aliphatic rings. The van der Waals surface area contributed by atoms with E-state index in [4.69, 9.17) is 0 Å². The van der Waals surface area contributed by atoms with E-state index in [0.717, 1.165) is 6.42 Å². The van der Waals surface area contributed by atoms with Gasteiger partial charge in [0, 0.05) is 6.42 Å². The highest BCUT2D eigenvalue weighted by atomic mass is 16.5. The van der Waals surface area contributed by atoms with E-state index in [0.29, 0.717) is 18.8 Å². The SMILES string of the molecule is CCC(NC(=O)CCC1CCCCC1)C(=O)OC. The van der Waals surface area contributed by atoms with Gasteiger partial charge in [-0.05, 0) is 18.8 Å². The van der Waals surface area contributed by atoms with E-state index < -0.39 is 6.04 Å². The Bertz CT molecular complexity index is 272. The third-order valence-corrected chi connectivity index (χ3v) is 3.73. The van der Waals surface area contributed by atoms with Crippen LogP contribution in [0.25, 0.3) is 0 Å².